The maximum atomic E-state index is 12.4. The van der Waals surface area contributed by atoms with E-state index in [0.29, 0.717) is 11.7 Å². The van der Waals surface area contributed by atoms with E-state index in [2.05, 4.69) is 16.0 Å². The van der Waals surface area contributed by atoms with Crippen LogP contribution in [0, 0.1) is 23.2 Å². The molecule has 0 fully saturated rings. The molecule has 6 heteroatoms. The monoisotopic (exact) mass is 346 g/mol. The molecule has 3 atom stereocenters. The minimum Gasteiger partial charge on any atom is -0.481 e. The molecule has 0 radical (unpaired) electrons. The Morgan fingerprint density at radius 2 is 2.04 bits per heavy atom. The van der Waals surface area contributed by atoms with Crippen molar-refractivity contribution < 1.29 is 9.53 Å². The van der Waals surface area contributed by atoms with Gasteiger partial charge in [-0.2, -0.15) is 10.2 Å². The number of carbonyl (C=O) groups excluding carboxylic acids is 1. The first-order valence-electron chi connectivity index (χ1n) is 8.65. The normalized spacial score (nSPS) is 24.1. The summed E-state index contributed by atoms with van der Waals surface area (Å²) in [6.45, 7) is 1.91. The first kappa shape index (κ1) is 16.4. The van der Waals surface area contributed by atoms with E-state index in [1.54, 1.807) is 25.6 Å². The van der Waals surface area contributed by atoms with Gasteiger partial charge in [-0.1, -0.05) is 13.0 Å². The van der Waals surface area contributed by atoms with Crippen LogP contribution in [-0.2, 0) is 11.2 Å². The van der Waals surface area contributed by atoms with Crippen molar-refractivity contribution in [3.63, 3.8) is 0 Å². The molecule has 3 unspecified atom stereocenters. The van der Waals surface area contributed by atoms with Crippen molar-refractivity contribution >= 4 is 5.78 Å². The quantitative estimate of drug-likeness (QED) is 0.831. The molecule has 2 aliphatic carbocycles. The summed E-state index contributed by atoms with van der Waals surface area (Å²) in [5.41, 5.74) is 2.93. The molecule has 2 heterocycles. The molecule has 0 N–H and O–H groups in total. The number of hydrogen-bond acceptors (Lipinski definition) is 6. The van der Waals surface area contributed by atoms with Crippen LogP contribution < -0.4 is 4.74 Å². The summed E-state index contributed by atoms with van der Waals surface area (Å²) in [6, 6.07) is 5.76. The van der Waals surface area contributed by atoms with Gasteiger partial charge in [-0.3, -0.25) is 9.78 Å². The first-order valence-corrected chi connectivity index (χ1v) is 8.65. The molecule has 2 aliphatic rings. The summed E-state index contributed by atoms with van der Waals surface area (Å²) in [7, 11) is 1.61. The van der Waals surface area contributed by atoms with Crippen LogP contribution in [0.2, 0.25) is 0 Å². The maximum Gasteiger partial charge on any atom is 0.220 e. The number of nitriles is 1. The molecule has 130 valence electrons. The number of nitrogens with zero attached hydrogens (tertiary/aromatic N) is 4. The summed E-state index contributed by atoms with van der Waals surface area (Å²) >= 11 is 0. The Morgan fingerprint density at radius 1 is 1.27 bits per heavy atom. The van der Waals surface area contributed by atoms with Gasteiger partial charge in [-0.25, -0.2) is 4.98 Å². The van der Waals surface area contributed by atoms with E-state index in [1.165, 1.54) is 0 Å². The Morgan fingerprint density at radius 3 is 2.73 bits per heavy atom. The van der Waals surface area contributed by atoms with Crippen LogP contribution in [0.15, 0.2) is 36.2 Å². The van der Waals surface area contributed by atoms with E-state index in [-0.39, 0.29) is 29.1 Å². The number of carbonyl (C=O) groups is 1. The molecule has 2 aromatic rings. The zero-order valence-corrected chi connectivity index (χ0v) is 14.6. The van der Waals surface area contributed by atoms with Crippen LogP contribution >= 0.6 is 0 Å². The number of Topliss-reactive ketones (excluding diaryl/α,β-unsaturated/α-hetero) is 1. The lowest BCUT2D eigenvalue weighted by Crippen LogP contribution is -2.35. The molecule has 0 aliphatic heterocycles. The average molecular weight is 346 g/mol. The Hall–Kier alpha value is -3.07. The van der Waals surface area contributed by atoms with Crippen LogP contribution in [0.4, 0.5) is 0 Å². The summed E-state index contributed by atoms with van der Waals surface area (Å²) in [5.74, 6) is 0.970. The Labute approximate surface area is 151 Å². The molecule has 6 nitrogen and oxygen atoms in total. The molecular formula is C20H18N4O2. The average Bonchev–Trinajstić information content (AvgIpc) is 2.70. The fourth-order valence-electron chi connectivity index (χ4n) is 4.04. The van der Waals surface area contributed by atoms with Crippen molar-refractivity contribution in [1.29, 1.82) is 5.26 Å². The number of ketones is 1. The molecule has 0 spiro atoms. The number of allylic oxidation sites excluding steroid dienone is 2. The molecule has 0 aromatic carbocycles. The predicted molar refractivity (Wildman–Crippen MR) is 94.2 cm³/mol. The third kappa shape index (κ3) is 2.48. The third-order valence-corrected chi connectivity index (χ3v) is 5.43. The first-order chi connectivity index (χ1) is 12.6. The van der Waals surface area contributed by atoms with E-state index in [4.69, 9.17) is 9.72 Å². The van der Waals surface area contributed by atoms with Crippen molar-refractivity contribution in [2.75, 3.05) is 7.11 Å². The second-order valence-electron chi connectivity index (χ2n) is 6.73. The predicted octanol–water partition coefficient (Wildman–Crippen LogP) is 2.86. The number of methoxy groups -OCH3 is 1. The molecule has 0 bridgehead atoms. The van der Waals surface area contributed by atoms with Crippen LogP contribution in [-0.4, -0.2) is 27.8 Å². The Bertz CT molecular complexity index is 946. The van der Waals surface area contributed by atoms with Gasteiger partial charge in [0.1, 0.15) is 6.07 Å². The number of hydrogen-bond donors (Lipinski definition) is 0. The van der Waals surface area contributed by atoms with Crippen LogP contribution in [0.1, 0.15) is 30.5 Å². The molecule has 0 amide bonds. The lowest BCUT2D eigenvalue weighted by Gasteiger charge is -2.37. The van der Waals surface area contributed by atoms with Crippen molar-refractivity contribution in [2.24, 2.45) is 11.8 Å². The second kappa shape index (κ2) is 6.34. The number of aromatic nitrogens is 3. The van der Waals surface area contributed by atoms with Gasteiger partial charge >= 0.3 is 0 Å². The van der Waals surface area contributed by atoms with Gasteiger partial charge in [0.2, 0.25) is 5.88 Å². The van der Waals surface area contributed by atoms with Gasteiger partial charge < -0.3 is 4.74 Å². The smallest absolute Gasteiger partial charge is 0.220 e. The number of rotatable bonds is 2. The summed E-state index contributed by atoms with van der Waals surface area (Å²) in [4.78, 5) is 25.8. The van der Waals surface area contributed by atoms with Crippen molar-refractivity contribution in [3.8, 4) is 23.3 Å². The second-order valence-corrected chi connectivity index (χ2v) is 6.73. The van der Waals surface area contributed by atoms with Gasteiger partial charge in [-0.05, 0) is 30.9 Å². The maximum absolute atomic E-state index is 12.4. The van der Waals surface area contributed by atoms with Gasteiger partial charge in [0.25, 0.3) is 0 Å². The summed E-state index contributed by atoms with van der Waals surface area (Å²) in [6.07, 6.45) is 6.80. The molecule has 2 aromatic heterocycles. The highest BCUT2D eigenvalue weighted by atomic mass is 16.5. The van der Waals surface area contributed by atoms with Gasteiger partial charge in [0, 0.05) is 35.4 Å². The van der Waals surface area contributed by atoms with Crippen LogP contribution in [0.25, 0.3) is 11.4 Å². The zero-order chi connectivity index (χ0) is 18.3. The Kier molecular flexibility index (Phi) is 4.00. The standard InChI is InChI=1S/C20H18N4O2/c1-11-14-3-4-15-17(16(14)9-13(10-21)18(11)25)23-19(24-20(15)26-2)12-5-7-22-8-6-12/h5-9,11,14,16H,3-4H2,1-2H3. The van der Waals surface area contributed by atoms with Crippen molar-refractivity contribution in [3.05, 3.63) is 47.4 Å². The highest BCUT2D eigenvalue weighted by Gasteiger charge is 2.42. The fraction of sp³-hybridized carbons (Fsp3) is 0.350. The van der Waals surface area contributed by atoms with E-state index >= 15 is 0 Å². The number of fused-ring (bicyclic) bond motifs is 3. The number of ether oxygens (including phenoxy) is 1. The van der Waals surface area contributed by atoms with Crippen molar-refractivity contribution in [2.45, 2.75) is 25.7 Å². The molecule has 26 heavy (non-hydrogen) atoms. The highest BCUT2D eigenvalue weighted by Crippen LogP contribution is 2.46. The molecule has 0 saturated carbocycles. The lowest BCUT2D eigenvalue weighted by molar-refractivity contribution is -0.120. The van der Waals surface area contributed by atoms with E-state index in [0.717, 1.165) is 29.7 Å². The topological polar surface area (TPSA) is 88.8 Å². The van der Waals surface area contributed by atoms with E-state index in [1.807, 2.05) is 19.1 Å². The van der Waals surface area contributed by atoms with Crippen molar-refractivity contribution in [1.82, 2.24) is 15.0 Å². The molecule has 4 rings (SSSR count). The fourth-order valence-corrected chi connectivity index (χ4v) is 4.04. The SMILES string of the molecule is COc1nc(-c2ccncc2)nc2c1CCC1C(C)C(=O)C(C#N)=CC21. The lowest BCUT2D eigenvalue weighted by atomic mass is 9.66. The minimum absolute atomic E-state index is 0.0624. The highest BCUT2D eigenvalue weighted by molar-refractivity contribution is 6.01. The van der Waals surface area contributed by atoms with Gasteiger partial charge in [-0.15, -0.1) is 0 Å². The largest absolute Gasteiger partial charge is 0.481 e. The van der Waals surface area contributed by atoms with E-state index in [9.17, 15) is 10.1 Å². The summed E-state index contributed by atoms with van der Waals surface area (Å²) < 4.78 is 5.54. The van der Waals surface area contributed by atoms with Crippen LogP contribution in [0.3, 0.4) is 0 Å². The van der Waals surface area contributed by atoms with Crippen LogP contribution in [0.5, 0.6) is 5.88 Å². The van der Waals surface area contributed by atoms with Gasteiger partial charge in [0.15, 0.2) is 11.6 Å². The van der Waals surface area contributed by atoms with Gasteiger partial charge in [0.05, 0.1) is 18.4 Å². The minimum atomic E-state index is -0.182. The molecule has 0 saturated heterocycles. The third-order valence-electron chi connectivity index (χ3n) is 5.43. The molecular weight excluding hydrogens is 328 g/mol. The van der Waals surface area contributed by atoms with E-state index < -0.39 is 0 Å². The zero-order valence-electron chi connectivity index (χ0n) is 14.6. The Balaban J connectivity index is 1.91. The number of pyridine rings is 1. The summed E-state index contributed by atoms with van der Waals surface area (Å²) in [5, 5.41) is 9.35.